The van der Waals surface area contributed by atoms with E-state index in [9.17, 15) is 9.90 Å². The van der Waals surface area contributed by atoms with Crippen LogP contribution in [0.5, 0.6) is 11.5 Å². The second-order valence-corrected chi connectivity index (χ2v) is 4.16. The highest BCUT2D eigenvalue weighted by atomic mass is 16.5. The van der Waals surface area contributed by atoms with Gasteiger partial charge < -0.3 is 9.84 Å². The van der Waals surface area contributed by atoms with Crippen LogP contribution in [0.4, 0.5) is 0 Å². The van der Waals surface area contributed by atoms with Crippen LogP contribution >= 0.6 is 0 Å². The lowest BCUT2D eigenvalue weighted by Crippen LogP contribution is -2.08. The summed E-state index contributed by atoms with van der Waals surface area (Å²) < 4.78 is 5.09. The standard InChI is InChI=1S/C13H19NO3/c1-9(10(2)15)3-4-11-5-6-12(16)13(7-11)17-8-14/h5-7,9,16H,3-4,8,14H2,1-2H3/t9-/m0/s1. The number of aromatic hydroxyl groups is 1. The number of carbonyl (C=O) groups excluding carboxylic acids is 1. The number of aryl methyl sites for hydroxylation is 1. The lowest BCUT2D eigenvalue weighted by Gasteiger charge is -2.10. The number of ketones is 1. The third-order valence-electron chi connectivity index (χ3n) is 2.82. The molecule has 1 aromatic rings. The van der Waals surface area contributed by atoms with Crippen molar-refractivity contribution < 1.29 is 14.6 Å². The van der Waals surface area contributed by atoms with Crippen LogP contribution in [-0.2, 0) is 11.2 Å². The Morgan fingerprint density at radius 2 is 2.24 bits per heavy atom. The van der Waals surface area contributed by atoms with Gasteiger partial charge in [0.25, 0.3) is 0 Å². The van der Waals surface area contributed by atoms with Gasteiger partial charge in [0.2, 0.25) is 0 Å². The smallest absolute Gasteiger partial charge is 0.163 e. The Balaban J connectivity index is 2.65. The molecule has 0 aliphatic heterocycles. The van der Waals surface area contributed by atoms with Gasteiger partial charge in [0, 0.05) is 5.92 Å². The molecule has 0 fully saturated rings. The van der Waals surface area contributed by atoms with Crippen LogP contribution in [0, 0.1) is 5.92 Å². The van der Waals surface area contributed by atoms with E-state index in [1.54, 1.807) is 19.1 Å². The molecule has 1 aromatic carbocycles. The number of Topliss-reactive ketones (excluding diaryl/α,β-unsaturated/α-hetero) is 1. The zero-order chi connectivity index (χ0) is 12.8. The van der Waals surface area contributed by atoms with Gasteiger partial charge in [-0.2, -0.15) is 0 Å². The van der Waals surface area contributed by atoms with Gasteiger partial charge in [0.05, 0.1) is 0 Å². The molecule has 0 heterocycles. The van der Waals surface area contributed by atoms with E-state index in [4.69, 9.17) is 10.5 Å². The minimum atomic E-state index is 0.0286. The zero-order valence-electron chi connectivity index (χ0n) is 10.3. The number of ether oxygens (including phenoxy) is 1. The van der Waals surface area contributed by atoms with Gasteiger partial charge in [0.15, 0.2) is 11.5 Å². The number of nitrogens with two attached hydrogens (primary N) is 1. The van der Waals surface area contributed by atoms with Gasteiger partial charge in [-0.25, -0.2) is 0 Å². The summed E-state index contributed by atoms with van der Waals surface area (Å²) in [6.45, 7) is 3.55. The molecule has 4 heteroatoms. The monoisotopic (exact) mass is 237 g/mol. The molecule has 0 spiro atoms. The molecule has 4 nitrogen and oxygen atoms in total. The molecule has 1 rings (SSSR count). The average Bonchev–Trinajstić information content (AvgIpc) is 2.29. The Bertz CT molecular complexity index is 390. The Morgan fingerprint density at radius 3 is 2.82 bits per heavy atom. The summed E-state index contributed by atoms with van der Waals surface area (Å²) in [7, 11) is 0. The van der Waals surface area contributed by atoms with E-state index in [0.29, 0.717) is 5.75 Å². The third kappa shape index (κ3) is 4.07. The summed E-state index contributed by atoms with van der Waals surface area (Å²) in [5.41, 5.74) is 6.29. The first-order valence-electron chi connectivity index (χ1n) is 5.69. The Hall–Kier alpha value is -1.55. The normalized spacial score (nSPS) is 12.2. The molecule has 0 aliphatic rings. The highest BCUT2D eigenvalue weighted by Gasteiger charge is 2.09. The van der Waals surface area contributed by atoms with E-state index in [2.05, 4.69) is 0 Å². The molecule has 0 radical (unpaired) electrons. The second-order valence-electron chi connectivity index (χ2n) is 4.16. The van der Waals surface area contributed by atoms with Crippen LogP contribution in [-0.4, -0.2) is 17.6 Å². The average molecular weight is 237 g/mol. The lowest BCUT2D eigenvalue weighted by molar-refractivity contribution is -0.120. The van der Waals surface area contributed by atoms with Crippen molar-refractivity contribution in [2.75, 3.05) is 6.73 Å². The fourth-order valence-electron chi connectivity index (χ4n) is 1.51. The molecule has 94 valence electrons. The molecule has 0 aromatic heterocycles. The number of phenols is 1. The number of phenolic OH excluding ortho intramolecular Hbond substituents is 1. The topological polar surface area (TPSA) is 72.5 Å². The summed E-state index contributed by atoms with van der Waals surface area (Å²) in [5, 5.41) is 9.50. The first kappa shape index (κ1) is 13.5. The van der Waals surface area contributed by atoms with Gasteiger partial charge in [-0.05, 0) is 37.5 Å². The highest BCUT2D eigenvalue weighted by molar-refractivity contribution is 5.77. The summed E-state index contributed by atoms with van der Waals surface area (Å²) in [6.07, 6.45) is 1.57. The van der Waals surface area contributed by atoms with Crippen LogP contribution in [0.3, 0.4) is 0 Å². The van der Waals surface area contributed by atoms with E-state index in [0.717, 1.165) is 18.4 Å². The van der Waals surface area contributed by atoms with Crippen LogP contribution < -0.4 is 10.5 Å². The zero-order valence-corrected chi connectivity index (χ0v) is 10.3. The van der Waals surface area contributed by atoms with Crippen LogP contribution in [0.1, 0.15) is 25.8 Å². The highest BCUT2D eigenvalue weighted by Crippen LogP contribution is 2.27. The van der Waals surface area contributed by atoms with E-state index in [1.165, 1.54) is 0 Å². The number of carbonyl (C=O) groups is 1. The third-order valence-corrected chi connectivity index (χ3v) is 2.82. The van der Waals surface area contributed by atoms with Crippen molar-refractivity contribution in [3.05, 3.63) is 23.8 Å². The van der Waals surface area contributed by atoms with Gasteiger partial charge in [-0.1, -0.05) is 13.0 Å². The molecular weight excluding hydrogens is 218 g/mol. The molecule has 1 atom stereocenters. The molecule has 0 unspecified atom stereocenters. The Labute approximate surface area is 101 Å². The van der Waals surface area contributed by atoms with Crippen molar-refractivity contribution in [1.82, 2.24) is 0 Å². The predicted octanol–water partition coefficient (Wildman–Crippen LogP) is 1.84. The van der Waals surface area contributed by atoms with Gasteiger partial charge in [-0.3, -0.25) is 10.5 Å². The summed E-state index contributed by atoms with van der Waals surface area (Å²) >= 11 is 0. The maximum atomic E-state index is 11.1. The fraction of sp³-hybridized carbons (Fsp3) is 0.462. The van der Waals surface area contributed by atoms with Crippen molar-refractivity contribution in [3.63, 3.8) is 0 Å². The van der Waals surface area contributed by atoms with Gasteiger partial charge in [0.1, 0.15) is 12.5 Å². The van der Waals surface area contributed by atoms with E-state index in [-0.39, 0.29) is 24.2 Å². The molecule has 0 saturated heterocycles. The maximum absolute atomic E-state index is 11.1. The Kier molecular flexibility index (Phi) is 4.97. The van der Waals surface area contributed by atoms with E-state index < -0.39 is 0 Å². The summed E-state index contributed by atoms with van der Waals surface area (Å²) in [4.78, 5) is 11.1. The van der Waals surface area contributed by atoms with Crippen LogP contribution in [0.2, 0.25) is 0 Å². The summed E-state index contributed by atoms with van der Waals surface area (Å²) in [5.74, 6) is 0.726. The van der Waals surface area contributed by atoms with E-state index in [1.807, 2.05) is 13.0 Å². The molecule has 0 saturated carbocycles. The second kappa shape index (κ2) is 6.25. The predicted molar refractivity (Wildman–Crippen MR) is 66.0 cm³/mol. The van der Waals surface area contributed by atoms with Crippen molar-refractivity contribution >= 4 is 5.78 Å². The number of benzene rings is 1. The number of hydrogen-bond donors (Lipinski definition) is 2. The largest absolute Gasteiger partial charge is 0.504 e. The molecule has 3 N–H and O–H groups in total. The molecule has 17 heavy (non-hydrogen) atoms. The van der Waals surface area contributed by atoms with Crippen molar-refractivity contribution in [2.24, 2.45) is 11.7 Å². The van der Waals surface area contributed by atoms with Crippen LogP contribution in [0.15, 0.2) is 18.2 Å². The SMILES string of the molecule is CC(=O)[C@@H](C)CCc1ccc(O)c(OCN)c1. The minimum Gasteiger partial charge on any atom is -0.504 e. The molecule has 0 bridgehead atoms. The van der Waals surface area contributed by atoms with Crippen molar-refractivity contribution in [2.45, 2.75) is 26.7 Å². The van der Waals surface area contributed by atoms with Gasteiger partial charge in [-0.15, -0.1) is 0 Å². The first-order valence-corrected chi connectivity index (χ1v) is 5.69. The van der Waals surface area contributed by atoms with Crippen molar-refractivity contribution in [1.29, 1.82) is 0 Å². The number of hydrogen-bond acceptors (Lipinski definition) is 4. The molecular formula is C13H19NO3. The minimum absolute atomic E-state index is 0.0286. The maximum Gasteiger partial charge on any atom is 0.163 e. The number of rotatable bonds is 6. The van der Waals surface area contributed by atoms with E-state index >= 15 is 0 Å². The van der Waals surface area contributed by atoms with Gasteiger partial charge >= 0.3 is 0 Å². The quantitative estimate of drug-likeness (QED) is 0.740. The molecule has 0 aliphatic carbocycles. The lowest BCUT2D eigenvalue weighted by atomic mass is 9.98. The first-order chi connectivity index (χ1) is 8.04. The molecule has 0 amide bonds. The fourth-order valence-corrected chi connectivity index (χ4v) is 1.51. The van der Waals surface area contributed by atoms with Crippen molar-refractivity contribution in [3.8, 4) is 11.5 Å². The van der Waals surface area contributed by atoms with Crippen LogP contribution in [0.25, 0.3) is 0 Å². The Morgan fingerprint density at radius 1 is 1.53 bits per heavy atom. The summed E-state index contributed by atoms with van der Waals surface area (Å²) in [6, 6.07) is 5.17.